The molecule has 1 saturated heterocycles. The lowest BCUT2D eigenvalue weighted by Crippen LogP contribution is -2.48. The van der Waals surface area contributed by atoms with Gasteiger partial charge in [0.15, 0.2) is 5.82 Å². The highest BCUT2D eigenvalue weighted by Gasteiger charge is 2.44. The third-order valence-corrected chi connectivity index (χ3v) is 4.87. The van der Waals surface area contributed by atoms with Crippen LogP contribution in [0.5, 0.6) is 0 Å². The number of carbonyl (C=O) groups excluding carboxylic acids is 1. The van der Waals surface area contributed by atoms with Gasteiger partial charge in [0, 0.05) is 32.3 Å². The SMILES string of the molecule is CC(=O)NC1(c2noc(C)n2)CCN(c2cc(C)c3ccccc3n2)C1. The first-order chi connectivity index (χ1) is 12.5. The van der Waals surface area contributed by atoms with Gasteiger partial charge in [-0.3, -0.25) is 4.79 Å². The number of hydrogen-bond donors (Lipinski definition) is 1. The summed E-state index contributed by atoms with van der Waals surface area (Å²) in [6, 6.07) is 10.2. The lowest BCUT2D eigenvalue weighted by molar-refractivity contribution is -0.120. The summed E-state index contributed by atoms with van der Waals surface area (Å²) < 4.78 is 5.15. The fourth-order valence-electron chi connectivity index (χ4n) is 3.67. The molecule has 7 nitrogen and oxygen atoms in total. The number of fused-ring (bicyclic) bond motifs is 1. The van der Waals surface area contributed by atoms with Gasteiger partial charge in [0.2, 0.25) is 11.8 Å². The number of amides is 1. The Labute approximate surface area is 151 Å². The molecule has 0 radical (unpaired) electrons. The Morgan fingerprint density at radius 2 is 2.08 bits per heavy atom. The van der Waals surface area contributed by atoms with E-state index in [1.807, 2.05) is 18.2 Å². The Morgan fingerprint density at radius 1 is 1.27 bits per heavy atom. The third kappa shape index (κ3) is 2.79. The first kappa shape index (κ1) is 16.5. The molecule has 26 heavy (non-hydrogen) atoms. The average molecular weight is 351 g/mol. The van der Waals surface area contributed by atoms with E-state index in [0.717, 1.165) is 23.3 Å². The van der Waals surface area contributed by atoms with Crippen LogP contribution in [-0.4, -0.2) is 34.1 Å². The van der Waals surface area contributed by atoms with Crippen molar-refractivity contribution < 1.29 is 9.32 Å². The molecule has 1 amide bonds. The van der Waals surface area contributed by atoms with Crippen LogP contribution >= 0.6 is 0 Å². The fraction of sp³-hybridized carbons (Fsp3) is 0.368. The van der Waals surface area contributed by atoms with E-state index in [1.165, 1.54) is 12.5 Å². The van der Waals surface area contributed by atoms with Crippen LogP contribution in [0, 0.1) is 13.8 Å². The summed E-state index contributed by atoms with van der Waals surface area (Å²) in [6.45, 7) is 6.65. The van der Waals surface area contributed by atoms with Gasteiger partial charge in [0.1, 0.15) is 11.4 Å². The first-order valence-corrected chi connectivity index (χ1v) is 8.68. The molecule has 3 aromatic rings. The first-order valence-electron chi connectivity index (χ1n) is 8.68. The average Bonchev–Trinajstić information content (AvgIpc) is 3.22. The molecule has 4 rings (SSSR count). The number of carbonyl (C=O) groups is 1. The molecule has 1 N–H and O–H groups in total. The molecule has 0 aliphatic carbocycles. The topological polar surface area (TPSA) is 84.2 Å². The molecule has 1 aliphatic rings. The van der Waals surface area contributed by atoms with Crippen LogP contribution in [0.2, 0.25) is 0 Å². The van der Waals surface area contributed by atoms with Crippen molar-refractivity contribution in [1.29, 1.82) is 0 Å². The largest absolute Gasteiger partial charge is 0.354 e. The second-order valence-electron chi connectivity index (χ2n) is 6.89. The van der Waals surface area contributed by atoms with Crippen LogP contribution in [0.15, 0.2) is 34.9 Å². The van der Waals surface area contributed by atoms with Crippen LogP contribution in [0.4, 0.5) is 5.82 Å². The maximum Gasteiger partial charge on any atom is 0.223 e. The number of aryl methyl sites for hydroxylation is 2. The smallest absolute Gasteiger partial charge is 0.223 e. The van der Waals surface area contributed by atoms with Crippen molar-refractivity contribution in [2.24, 2.45) is 0 Å². The Kier molecular flexibility index (Phi) is 3.86. The quantitative estimate of drug-likeness (QED) is 0.780. The van der Waals surface area contributed by atoms with Crippen molar-refractivity contribution >= 4 is 22.6 Å². The van der Waals surface area contributed by atoms with Crippen LogP contribution in [0.1, 0.15) is 30.6 Å². The Balaban J connectivity index is 1.71. The van der Waals surface area contributed by atoms with E-state index in [0.29, 0.717) is 24.7 Å². The van der Waals surface area contributed by atoms with E-state index in [2.05, 4.69) is 39.4 Å². The molecular weight excluding hydrogens is 330 g/mol. The van der Waals surface area contributed by atoms with Crippen LogP contribution in [0.3, 0.4) is 0 Å². The highest BCUT2D eigenvalue weighted by molar-refractivity contribution is 5.84. The maximum absolute atomic E-state index is 11.8. The van der Waals surface area contributed by atoms with Crippen LogP contribution < -0.4 is 10.2 Å². The summed E-state index contributed by atoms with van der Waals surface area (Å²) in [6.07, 6.45) is 0.694. The van der Waals surface area contributed by atoms with Crippen molar-refractivity contribution in [2.75, 3.05) is 18.0 Å². The Hall–Kier alpha value is -2.96. The molecule has 134 valence electrons. The van der Waals surface area contributed by atoms with Gasteiger partial charge in [-0.1, -0.05) is 23.4 Å². The van der Waals surface area contributed by atoms with Crippen LogP contribution in [-0.2, 0) is 10.3 Å². The number of benzene rings is 1. The second-order valence-corrected chi connectivity index (χ2v) is 6.89. The van der Waals surface area contributed by atoms with Crippen LogP contribution in [0.25, 0.3) is 10.9 Å². The van der Waals surface area contributed by atoms with E-state index in [-0.39, 0.29) is 5.91 Å². The van der Waals surface area contributed by atoms with E-state index in [4.69, 9.17) is 9.51 Å². The highest BCUT2D eigenvalue weighted by Crippen LogP contribution is 2.34. The van der Waals surface area contributed by atoms with E-state index < -0.39 is 5.54 Å². The van der Waals surface area contributed by atoms with Crippen molar-refractivity contribution in [2.45, 2.75) is 32.7 Å². The third-order valence-electron chi connectivity index (χ3n) is 4.87. The minimum atomic E-state index is -0.662. The summed E-state index contributed by atoms with van der Waals surface area (Å²) in [7, 11) is 0. The van der Waals surface area contributed by atoms with Gasteiger partial charge in [0.05, 0.1) is 5.52 Å². The molecule has 0 spiro atoms. The van der Waals surface area contributed by atoms with Gasteiger partial charge in [0.25, 0.3) is 0 Å². The lowest BCUT2D eigenvalue weighted by Gasteiger charge is -2.27. The minimum Gasteiger partial charge on any atom is -0.354 e. The number of nitrogens with one attached hydrogen (secondary N) is 1. The van der Waals surface area contributed by atoms with Gasteiger partial charge < -0.3 is 14.7 Å². The van der Waals surface area contributed by atoms with Crippen molar-refractivity contribution in [3.05, 3.63) is 47.6 Å². The van der Waals surface area contributed by atoms with Gasteiger partial charge in [-0.15, -0.1) is 0 Å². The van der Waals surface area contributed by atoms with Crippen molar-refractivity contribution in [1.82, 2.24) is 20.4 Å². The van der Waals surface area contributed by atoms with E-state index in [9.17, 15) is 4.79 Å². The fourth-order valence-corrected chi connectivity index (χ4v) is 3.67. The summed E-state index contributed by atoms with van der Waals surface area (Å²) in [5.74, 6) is 1.79. The molecule has 3 heterocycles. The number of nitrogens with zero attached hydrogens (tertiary/aromatic N) is 4. The predicted octanol–water partition coefficient (Wildman–Crippen LogP) is 2.48. The number of hydrogen-bond acceptors (Lipinski definition) is 6. The molecule has 1 fully saturated rings. The maximum atomic E-state index is 11.8. The Bertz CT molecular complexity index is 983. The summed E-state index contributed by atoms with van der Waals surface area (Å²) in [5.41, 5.74) is 1.48. The standard InChI is InChI=1S/C19H21N5O2/c1-12-10-17(21-16-7-5-4-6-15(12)16)24-9-8-19(11-24,22-13(2)25)18-20-14(3)26-23-18/h4-7,10H,8-9,11H2,1-3H3,(H,22,25). The lowest BCUT2D eigenvalue weighted by atomic mass is 9.97. The summed E-state index contributed by atoms with van der Waals surface area (Å²) in [5, 5.41) is 8.26. The number of para-hydroxylation sites is 1. The molecule has 1 unspecified atom stereocenters. The molecule has 0 bridgehead atoms. The number of aromatic nitrogens is 3. The Morgan fingerprint density at radius 3 is 2.81 bits per heavy atom. The normalized spacial score (nSPS) is 19.9. The van der Waals surface area contributed by atoms with E-state index >= 15 is 0 Å². The molecule has 0 saturated carbocycles. The van der Waals surface area contributed by atoms with Gasteiger partial charge in [-0.25, -0.2) is 4.98 Å². The molecular formula is C19H21N5O2. The number of anilines is 1. The number of pyridine rings is 1. The molecule has 1 atom stereocenters. The van der Waals surface area contributed by atoms with Crippen molar-refractivity contribution in [3.8, 4) is 0 Å². The summed E-state index contributed by atoms with van der Waals surface area (Å²) >= 11 is 0. The monoisotopic (exact) mass is 351 g/mol. The molecule has 1 aromatic carbocycles. The number of rotatable bonds is 3. The molecule has 1 aliphatic heterocycles. The van der Waals surface area contributed by atoms with Crippen molar-refractivity contribution in [3.63, 3.8) is 0 Å². The zero-order chi connectivity index (χ0) is 18.3. The van der Waals surface area contributed by atoms with Gasteiger partial charge in [-0.05, 0) is 31.0 Å². The zero-order valence-electron chi connectivity index (χ0n) is 15.1. The van der Waals surface area contributed by atoms with Gasteiger partial charge >= 0.3 is 0 Å². The summed E-state index contributed by atoms with van der Waals surface area (Å²) in [4.78, 5) is 23.2. The molecule has 7 heteroatoms. The molecule has 2 aromatic heterocycles. The predicted molar refractivity (Wildman–Crippen MR) is 97.8 cm³/mol. The minimum absolute atomic E-state index is 0.114. The highest BCUT2D eigenvalue weighted by atomic mass is 16.5. The second kappa shape index (κ2) is 6.09. The van der Waals surface area contributed by atoms with E-state index in [1.54, 1.807) is 6.92 Å². The van der Waals surface area contributed by atoms with Gasteiger partial charge in [-0.2, -0.15) is 4.98 Å². The zero-order valence-corrected chi connectivity index (χ0v) is 15.1.